The minimum absolute atomic E-state index is 0.0479. The number of nitrogens with one attached hydrogen (secondary N) is 1. The lowest BCUT2D eigenvalue weighted by Gasteiger charge is -2.28. The summed E-state index contributed by atoms with van der Waals surface area (Å²) >= 11 is 0. The van der Waals surface area contributed by atoms with Gasteiger partial charge >= 0.3 is 0 Å². The third kappa shape index (κ3) is 3.55. The summed E-state index contributed by atoms with van der Waals surface area (Å²) in [7, 11) is 0. The van der Waals surface area contributed by atoms with Gasteiger partial charge in [-0.25, -0.2) is 0 Å². The second-order valence-corrected chi connectivity index (χ2v) is 7.73. The Morgan fingerprint density at radius 2 is 1.97 bits per heavy atom. The zero-order valence-corrected chi connectivity index (χ0v) is 17.0. The molecular weight excluding hydrogens is 362 g/mol. The molecule has 1 N–H and O–H groups in total. The van der Waals surface area contributed by atoms with Crippen LogP contribution in [0.2, 0.25) is 0 Å². The Bertz CT molecular complexity index is 928. The summed E-state index contributed by atoms with van der Waals surface area (Å²) in [5.41, 5.74) is 4.01. The van der Waals surface area contributed by atoms with Crippen LogP contribution >= 0.6 is 0 Å². The number of fused-ring (bicyclic) bond motifs is 1. The van der Waals surface area contributed by atoms with Crippen molar-refractivity contribution in [3.63, 3.8) is 0 Å². The van der Waals surface area contributed by atoms with Crippen LogP contribution in [-0.4, -0.2) is 19.1 Å². The summed E-state index contributed by atoms with van der Waals surface area (Å²) in [6.07, 6.45) is 3.12. The molecule has 0 spiro atoms. The number of hydrogen-bond donors (Lipinski definition) is 1. The van der Waals surface area contributed by atoms with Crippen LogP contribution in [-0.2, 0) is 4.79 Å². The van der Waals surface area contributed by atoms with Crippen LogP contribution in [0.15, 0.2) is 42.5 Å². The molecule has 2 aromatic carbocycles. The highest BCUT2D eigenvalue weighted by Gasteiger charge is 2.39. The van der Waals surface area contributed by atoms with Crippen LogP contribution < -0.4 is 15.0 Å². The predicted octanol–water partition coefficient (Wildman–Crippen LogP) is 5.01. The smallest absolute Gasteiger partial charge is 0.227 e. The maximum Gasteiger partial charge on any atom is 0.227 e. The second-order valence-electron chi connectivity index (χ2n) is 7.73. The highest BCUT2D eigenvalue weighted by atomic mass is 16.5. The number of benzene rings is 2. The Kier molecular flexibility index (Phi) is 5.44. The summed E-state index contributed by atoms with van der Waals surface area (Å²) in [6, 6.07) is 16.4. The molecule has 1 heterocycles. The van der Waals surface area contributed by atoms with Gasteiger partial charge in [-0.3, -0.25) is 4.79 Å². The van der Waals surface area contributed by atoms with E-state index in [1.165, 1.54) is 0 Å². The van der Waals surface area contributed by atoms with Crippen molar-refractivity contribution in [1.82, 2.24) is 0 Å². The number of nitrogens with zero attached hydrogens (tertiary/aromatic N) is 2. The fourth-order valence-electron chi connectivity index (χ4n) is 4.35. The normalized spacial score (nSPS) is 20.5. The van der Waals surface area contributed by atoms with E-state index in [9.17, 15) is 10.1 Å². The van der Waals surface area contributed by atoms with E-state index in [0.29, 0.717) is 6.61 Å². The molecule has 4 rings (SSSR count). The van der Waals surface area contributed by atoms with Crippen LogP contribution in [0.25, 0.3) is 0 Å². The Labute approximate surface area is 172 Å². The number of anilines is 2. The van der Waals surface area contributed by atoms with Crippen molar-refractivity contribution in [3.05, 3.63) is 53.6 Å². The van der Waals surface area contributed by atoms with Crippen molar-refractivity contribution in [2.75, 3.05) is 23.4 Å². The van der Waals surface area contributed by atoms with Crippen LogP contribution in [0, 0.1) is 17.2 Å². The van der Waals surface area contributed by atoms with Gasteiger partial charge in [0.2, 0.25) is 5.91 Å². The third-order valence-electron chi connectivity index (χ3n) is 6.08. The van der Waals surface area contributed by atoms with E-state index in [1.54, 1.807) is 0 Å². The molecule has 150 valence electrons. The molecule has 1 fully saturated rings. The lowest BCUT2D eigenvalue weighted by Crippen LogP contribution is -2.28. The number of amides is 1. The highest BCUT2D eigenvalue weighted by molar-refractivity contribution is 5.93. The molecule has 0 bridgehead atoms. The summed E-state index contributed by atoms with van der Waals surface area (Å²) in [6.45, 7) is 5.49. The van der Waals surface area contributed by atoms with Gasteiger partial charge in [-0.15, -0.1) is 0 Å². The van der Waals surface area contributed by atoms with E-state index in [1.807, 2.05) is 49.4 Å². The average Bonchev–Trinajstić information content (AvgIpc) is 3.00. The van der Waals surface area contributed by atoms with Crippen molar-refractivity contribution in [2.45, 2.75) is 45.1 Å². The summed E-state index contributed by atoms with van der Waals surface area (Å²) in [5, 5.41) is 13.0. The lowest BCUT2D eigenvalue weighted by atomic mass is 9.85. The maximum absolute atomic E-state index is 12.2. The minimum atomic E-state index is -0.240. The largest absolute Gasteiger partial charge is 0.494 e. The van der Waals surface area contributed by atoms with Gasteiger partial charge in [0.25, 0.3) is 0 Å². The van der Waals surface area contributed by atoms with Gasteiger partial charge in [0.15, 0.2) is 0 Å². The molecule has 2 atom stereocenters. The van der Waals surface area contributed by atoms with E-state index >= 15 is 0 Å². The number of hydrogen-bond acceptors (Lipinski definition) is 4. The van der Waals surface area contributed by atoms with Gasteiger partial charge in [0, 0.05) is 29.9 Å². The van der Waals surface area contributed by atoms with E-state index < -0.39 is 0 Å². The van der Waals surface area contributed by atoms with Crippen molar-refractivity contribution in [2.24, 2.45) is 5.92 Å². The van der Waals surface area contributed by atoms with Crippen LogP contribution in [0.3, 0.4) is 0 Å². The zero-order valence-electron chi connectivity index (χ0n) is 17.0. The molecule has 2 aromatic rings. The van der Waals surface area contributed by atoms with Crippen molar-refractivity contribution >= 4 is 17.3 Å². The first-order valence-electron chi connectivity index (χ1n) is 10.5. The molecule has 1 aliphatic carbocycles. The second kappa shape index (κ2) is 8.16. The zero-order chi connectivity index (χ0) is 20.4. The molecule has 2 unspecified atom stereocenters. The van der Waals surface area contributed by atoms with Gasteiger partial charge in [-0.05, 0) is 56.0 Å². The number of carbonyl (C=O) groups excluding carboxylic acids is 1. The van der Waals surface area contributed by atoms with Crippen molar-refractivity contribution in [3.8, 4) is 11.8 Å². The summed E-state index contributed by atoms with van der Waals surface area (Å²) < 4.78 is 5.67. The fourth-order valence-corrected chi connectivity index (χ4v) is 4.35. The molecular formula is C24H27N3O2. The molecule has 29 heavy (non-hydrogen) atoms. The molecule has 0 radical (unpaired) electrons. The molecule has 1 amide bonds. The third-order valence-corrected chi connectivity index (χ3v) is 6.08. The number of ether oxygens (including phenoxy) is 1. The Morgan fingerprint density at radius 1 is 1.21 bits per heavy atom. The number of likely N-dealkylation sites (N-methyl/N-ethyl adjacent to an activating group) is 1. The number of nitriles is 1. The Hall–Kier alpha value is -3.00. The van der Waals surface area contributed by atoms with Gasteiger partial charge < -0.3 is 15.0 Å². The molecule has 5 nitrogen and oxygen atoms in total. The highest BCUT2D eigenvalue weighted by Crippen LogP contribution is 2.49. The summed E-state index contributed by atoms with van der Waals surface area (Å²) in [4.78, 5) is 14.5. The van der Waals surface area contributed by atoms with Gasteiger partial charge in [-0.1, -0.05) is 24.6 Å². The quantitative estimate of drug-likeness (QED) is 0.754. The topological polar surface area (TPSA) is 65.4 Å². The molecule has 1 saturated carbocycles. The van der Waals surface area contributed by atoms with E-state index in [0.717, 1.165) is 54.1 Å². The van der Waals surface area contributed by atoms with Gasteiger partial charge in [0.1, 0.15) is 5.75 Å². The first-order valence-corrected chi connectivity index (χ1v) is 10.5. The Morgan fingerprint density at radius 3 is 2.55 bits per heavy atom. The average molecular weight is 389 g/mol. The predicted molar refractivity (Wildman–Crippen MR) is 114 cm³/mol. The molecule has 0 aromatic heterocycles. The molecule has 0 saturated heterocycles. The van der Waals surface area contributed by atoms with Crippen molar-refractivity contribution in [1.29, 1.82) is 5.26 Å². The van der Waals surface area contributed by atoms with Crippen molar-refractivity contribution < 1.29 is 9.53 Å². The maximum atomic E-state index is 12.2. The Balaban J connectivity index is 1.59. The van der Waals surface area contributed by atoms with Crippen LogP contribution in [0.5, 0.6) is 5.75 Å². The van der Waals surface area contributed by atoms with E-state index in [2.05, 4.69) is 23.2 Å². The van der Waals surface area contributed by atoms with Gasteiger partial charge in [-0.2, -0.15) is 5.26 Å². The van der Waals surface area contributed by atoms with E-state index in [4.69, 9.17) is 4.74 Å². The minimum Gasteiger partial charge on any atom is -0.494 e. The monoisotopic (exact) mass is 389 g/mol. The fraction of sp³-hybridized carbons (Fsp3) is 0.417. The number of carbonyl (C=O) groups is 1. The van der Waals surface area contributed by atoms with Crippen LogP contribution in [0.1, 0.15) is 56.2 Å². The summed E-state index contributed by atoms with van der Waals surface area (Å²) in [5.74, 6) is 0.870. The lowest BCUT2D eigenvalue weighted by molar-refractivity contribution is -0.122. The molecule has 5 heteroatoms. The number of rotatable bonds is 6. The molecule has 1 aliphatic heterocycles. The first kappa shape index (κ1) is 19.3. The molecule has 2 aliphatic rings. The standard InChI is InChI=1S/C24H27N3O2/c1-3-27-22-14-19(29-4-2)12-13-20(22)21(15-25)23(27)16-8-10-18(11-9-16)26-24(28)17-6-5-7-17/h8-14,17,21,23H,3-7H2,1-2H3,(H,26,28). The first-order chi connectivity index (χ1) is 14.2. The van der Waals surface area contributed by atoms with Crippen LogP contribution in [0.4, 0.5) is 11.4 Å². The van der Waals surface area contributed by atoms with Gasteiger partial charge in [0.05, 0.1) is 24.6 Å². The SMILES string of the molecule is CCOc1ccc2c(c1)N(CC)C(c1ccc(NC(=O)C3CCC3)cc1)C2C#N. The van der Waals surface area contributed by atoms with E-state index in [-0.39, 0.29) is 23.8 Å².